The molecule has 0 heterocycles. The van der Waals surface area contributed by atoms with Gasteiger partial charge in [-0.2, -0.15) is 0 Å². The first-order chi connectivity index (χ1) is 11.9. The van der Waals surface area contributed by atoms with E-state index in [1.54, 1.807) is 6.92 Å². The van der Waals surface area contributed by atoms with E-state index >= 15 is 0 Å². The average molecular weight is 338 g/mol. The predicted octanol–water partition coefficient (Wildman–Crippen LogP) is 6.16. The monoisotopic (exact) mass is 338 g/mol. The highest BCUT2D eigenvalue weighted by Crippen LogP contribution is 2.19. The minimum Gasteiger partial charge on any atom is -0.513 e. The quantitative estimate of drug-likeness (QED) is 0.614. The van der Waals surface area contributed by atoms with Crippen LogP contribution >= 0.6 is 0 Å². The topological polar surface area (TPSA) is 37.3 Å². The third-order valence-electron chi connectivity index (χ3n) is 4.15. The first kappa shape index (κ1) is 20.7. The summed E-state index contributed by atoms with van der Waals surface area (Å²) in [5.41, 5.74) is 3.75. The van der Waals surface area contributed by atoms with Gasteiger partial charge in [-0.3, -0.25) is 4.79 Å². The second kappa shape index (κ2) is 11.2. The molecule has 2 aromatic rings. The van der Waals surface area contributed by atoms with Gasteiger partial charge in [-0.05, 0) is 44.2 Å². The van der Waals surface area contributed by atoms with Crippen molar-refractivity contribution in [3.8, 4) is 0 Å². The van der Waals surface area contributed by atoms with E-state index in [4.69, 9.17) is 5.11 Å². The van der Waals surface area contributed by atoms with Crippen LogP contribution in [0.15, 0.2) is 66.9 Å². The zero-order valence-corrected chi connectivity index (χ0v) is 15.7. The second-order valence-electron chi connectivity index (χ2n) is 6.39. The van der Waals surface area contributed by atoms with Crippen LogP contribution in [0.5, 0.6) is 0 Å². The zero-order valence-electron chi connectivity index (χ0n) is 15.7. The molecule has 0 bridgehead atoms. The Morgan fingerprint density at radius 2 is 1.68 bits per heavy atom. The Hall–Kier alpha value is -2.35. The Kier molecular flexibility index (Phi) is 9.31. The molecular weight excluding hydrogens is 308 g/mol. The van der Waals surface area contributed by atoms with Gasteiger partial charge in [0.1, 0.15) is 5.78 Å². The van der Waals surface area contributed by atoms with Crippen molar-refractivity contribution in [2.75, 3.05) is 0 Å². The third-order valence-corrected chi connectivity index (χ3v) is 4.15. The fourth-order valence-corrected chi connectivity index (χ4v) is 2.69. The summed E-state index contributed by atoms with van der Waals surface area (Å²) >= 11 is 0. The number of aryl methyl sites for hydroxylation is 2. The summed E-state index contributed by atoms with van der Waals surface area (Å²) in [5.74, 6) is 0.627. The van der Waals surface area contributed by atoms with Crippen LogP contribution < -0.4 is 0 Å². The van der Waals surface area contributed by atoms with Gasteiger partial charge in [0.15, 0.2) is 0 Å². The lowest BCUT2D eigenvalue weighted by molar-refractivity contribution is -0.118. The molecule has 2 rings (SSSR count). The number of hydrogen-bond donors (Lipinski definition) is 1. The minimum absolute atomic E-state index is 0.0891. The lowest BCUT2D eigenvalue weighted by atomic mass is 9.93. The smallest absolute Gasteiger partial charge is 0.137 e. The fourth-order valence-electron chi connectivity index (χ4n) is 2.69. The molecule has 2 heteroatoms. The summed E-state index contributed by atoms with van der Waals surface area (Å²) in [4.78, 5) is 11.2. The number of benzene rings is 2. The van der Waals surface area contributed by atoms with Gasteiger partial charge in [-0.15, -0.1) is 0 Å². The normalized spacial score (nSPS) is 11.2. The summed E-state index contributed by atoms with van der Waals surface area (Å²) in [6.07, 6.45) is 3.57. The molecule has 0 spiro atoms. The van der Waals surface area contributed by atoms with Crippen LogP contribution in [0.25, 0.3) is 0 Å². The van der Waals surface area contributed by atoms with Crippen molar-refractivity contribution in [3.63, 3.8) is 0 Å². The second-order valence-corrected chi connectivity index (χ2v) is 6.39. The van der Waals surface area contributed by atoms with Crippen LogP contribution in [0.3, 0.4) is 0 Å². The van der Waals surface area contributed by atoms with E-state index in [-0.39, 0.29) is 17.5 Å². The Morgan fingerprint density at radius 1 is 1.08 bits per heavy atom. The maximum Gasteiger partial charge on any atom is 0.137 e. The van der Waals surface area contributed by atoms with Crippen LogP contribution in [-0.2, 0) is 11.2 Å². The number of aliphatic hydroxyl groups excluding tert-OH is 1. The number of Topliss-reactive ketones (excluding diaryl/α,β-unsaturated/α-hetero) is 1. The van der Waals surface area contributed by atoms with E-state index in [0.717, 1.165) is 24.8 Å². The highest BCUT2D eigenvalue weighted by molar-refractivity contribution is 5.83. The van der Waals surface area contributed by atoms with Gasteiger partial charge >= 0.3 is 0 Å². The molecule has 0 amide bonds. The highest BCUT2D eigenvalue weighted by Gasteiger charge is 2.12. The third kappa shape index (κ3) is 8.35. The molecule has 2 aromatic carbocycles. The molecule has 1 atom stereocenters. The van der Waals surface area contributed by atoms with E-state index in [0.29, 0.717) is 6.42 Å². The van der Waals surface area contributed by atoms with E-state index < -0.39 is 0 Å². The zero-order chi connectivity index (χ0) is 18.7. The van der Waals surface area contributed by atoms with E-state index in [1.807, 2.05) is 37.3 Å². The molecule has 25 heavy (non-hydrogen) atoms. The summed E-state index contributed by atoms with van der Waals surface area (Å²) in [6.45, 7) is 9.23. The number of carbonyl (C=O) groups excluding carboxylic acids is 1. The first-order valence-corrected chi connectivity index (χ1v) is 8.91. The molecule has 0 aliphatic carbocycles. The molecule has 0 aliphatic heterocycles. The Labute approximate surface area is 152 Å². The van der Waals surface area contributed by atoms with Gasteiger partial charge in [-0.25, -0.2) is 0 Å². The van der Waals surface area contributed by atoms with Crippen molar-refractivity contribution in [1.82, 2.24) is 0 Å². The Balaban J connectivity index is 0.000000251. The number of aliphatic hydroxyl groups is 1. The molecule has 1 unspecified atom stereocenters. The highest BCUT2D eigenvalue weighted by atomic mass is 16.3. The van der Waals surface area contributed by atoms with Gasteiger partial charge < -0.3 is 5.11 Å². The number of rotatable bonds is 7. The number of allylic oxidation sites excluding steroid dienone is 1. The van der Waals surface area contributed by atoms with Gasteiger partial charge in [0.2, 0.25) is 0 Å². The minimum atomic E-state index is 0.0891. The molecule has 0 radical (unpaired) electrons. The van der Waals surface area contributed by atoms with E-state index in [9.17, 15) is 4.79 Å². The largest absolute Gasteiger partial charge is 0.513 e. The van der Waals surface area contributed by atoms with E-state index in [1.165, 1.54) is 11.1 Å². The lowest BCUT2D eigenvalue weighted by Gasteiger charge is -2.10. The predicted molar refractivity (Wildman–Crippen MR) is 106 cm³/mol. The van der Waals surface area contributed by atoms with Gasteiger partial charge in [-0.1, -0.05) is 73.7 Å². The molecule has 0 saturated carbocycles. The molecular formula is C23H30O2. The maximum absolute atomic E-state index is 11.2. The van der Waals surface area contributed by atoms with Crippen LogP contribution in [0.1, 0.15) is 55.7 Å². The number of hydrogen-bond acceptors (Lipinski definition) is 2. The Morgan fingerprint density at radius 3 is 2.16 bits per heavy atom. The van der Waals surface area contributed by atoms with Gasteiger partial charge in [0.25, 0.3) is 0 Å². The summed E-state index contributed by atoms with van der Waals surface area (Å²) < 4.78 is 0. The van der Waals surface area contributed by atoms with Gasteiger partial charge in [0, 0.05) is 12.3 Å². The van der Waals surface area contributed by atoms with Crippen molar-refractivity contribution in [2.24, 2.45) is 0 Å². The molecule has 2 nitrogen and oxygen atoms in total. The van der Waals surface area contributed by atoms with Crippen molar-refractivity contribution >= 4 is 5.78 Å². The van der Waals surface area contributed by atoms with E-state index in [2.05, 4.69) is 37.8 Å². The SMILES string of the molecule is C=C(O)CCCc1ccc(C)cc1.CCC(C(C)=O)c1ccccc1. The molecule has 0 fully saturated rings. The number of carbonyl (C=O) groups is 1. The molecule has 0 aliphatic rings. The van der Waals surface area contributed by atoms with Crippen molar-refractivity contribution < 1.29 is 9.90 Å². The first-order valence-electron chi connectivity index (χ1n) is 8.91. The molecule has 134 valence electrons. The van der Waals surface area contributed by atoms with Crippen molar-refractivity contribution in [3.05, 3.63) is 83.6 Å². The van der Waals surface area contributed by atoms with Crippen molar-refractivity contribution in [1.29, 1.82) is 0 Å². The molecule has 1 N–H and O–H groups in total. The molecule has 0 aromatic heterocycles. The van der Waals surface area contributed by atoms with Crippen LogP contribution in [0.2, 0.25) is 0 Å². The van der Waals surface area contributed by atoms with Crippen LogP contribution in [0, 0.1) is 6.92 Å². The lowest BCUT2D eigenvalue weighted by Crippen LogP contribution is -2.06. The number of ketones is 1. The fraction of sp³-hybridized carbons (Fsp3) is 0.348. The van der Waals surface area contributed by atoms with Crippen molar-refractivity contribution in [2.45, 2.75) is 52.4 Å². The summed E-state index contributed by atoms with van der Waals surface area (Å²) in [5, 5.41) is 8.88. The summed E-state index contributed by atoms with van der Waals surface area (Å²) in [6, 6.07) is 18.4. The average Bonchev–Trinajstić information content (AvgIpc) is 2.58. The van der Waals surface area contributed by atoms with Gasteiger partial charge in [0.05, 0.1) is 5.76 Å². The van der Waals surface area contributed by atoms with Crippen LogP contribution in [-0.4, -0.2) is 10.9 Å². The Bertz CT molecular complexity index is 642. The maximum atomic E-state index is 11.2. The van der Waals surface area contributed by atoms with Crippen LogP contribution in [0.4, 0.5) is 0 Å². The summed E-state index contributed by atoms with van der Waals surface area (Å²) in [7, 11) is 0. The molecule has 0 saturated heterocycles. The standard InChI is InChI=1S/C12H16O.C11H14O/c1-10-6-8-12(9-7-10)5-3-4-11(2)13;1-3-11(9(2)12)10-7-5-4-6-8-10/h6-9,13H,2-5H2,1H3;4-8,11H,3H2,1-2H3.